The Hall–Kier alpha value is -1.13. The quantitative estimate of drug-likeness (QED) is 0.781. The molecule has 3 heterocycles. The number of carbonyl (C=O) groups is 1. The lowest BCUT2D eigenvalue weighted by molar-refractivity contribution is -0.123. The van der Waals surface area contributed by atoms with Crippen molar-refractivity contribution in [3.63, 3.8) is 0 Å². The second-order valence-corrected chi connectivity index (χ2v) is 4.10. The van der Waals surface area contributed by atoms with Crippen molar-refractivity contribution in [2.45, 2.75) is 6.42 Å². The number of aromatic nitrogens is 1. The van der Waals surface area contributed by atoms with Gasteiger partial charge >= 0.3 is 0 Å². The van der Waals surface area contributed by atoms with Gasteiger partial charge in [-0.05, 0) is 18.1 Å². The molecule has 0 aliphatic carbocycles. The standard InChI is InChI=1S/C11H13N3O.ClH/c15-11(9-6-13-7-9)14-4-2-8-5-12-3-1-10(8)14;/h1,3,5,9,13H,2,4,6-7H2;1H. The Morgan fingerprint density at radius 2 is 2.31 bits per heavy atom. The van der Waals surface area contributed by atoms with E-state index in [0.29, 0.717) is 0 Å². The van der Waals surface area contributed by atoms with Crippen molar-refractivity contribution in [2.24, 2.45) is 5.92 Å². The van der Waals surface area contributed by atoms with Crippen molar-refractivity contribution in [1.29, 1.82) is 0 Å². The van der Waals surface area contributed by atoms with Gasteiger partial charge in [-0.25, -0.2) is 0 Å². The molecular weight excluding hydrogens is 226 g/mol. The fourth-order valence-corrected chi connectivity index (χ4v) is 2.14. The first-order valence-corrected chi connectivity index (χ1v) is 5.31. The molecule has 1 aromatic heterocycles. The van der Waals surface area contributed by atoms with Crippen molar-refractivity contribution in [3.05, 3.63) is 24.0 Å². The van der Waals surface area contributed by atoms with E-state index in [-0.39, 0.29) is 24.2 Å². The molecule has 1 amide bonds. The van der Waals surface area contributed by atoms with Gasteiger partial charge in [0, 0.05) is 37.7 Å². The lowest BCUT2D eigenvalue weighted by atomic mass is 10.0. The Morgan fingerprint density at radius 3 is 3.00 bits per heavy atom. The van der Waals surface area contributed by atoms with E-state index in [9.17, 15) is 4.79 Å². The fraction of sp³-hybridized carbons (Fsp3) is 0.455. The Kier molecular flexibility index (Phi) is 3.12. The summed E-state index contributed by atoms with van der Waals surface area (Å²) in [7, 11) is 0. The van der Waals surface area contributed by atoms with E-state index in [1.807, 2.05) is 17.2 Å². The summed E-state index contributed by atoms with van der Waals surface area (Å²) in [6.07, 6.45) is 4.56. The largest absolute Gasteiger partial charge is 0.315 e. The number of nitrogens with one attached hydrogen (secondary N) is 1. The maximum absolute atomic E-state index is 12.1. The number of nitrogens with zero attached hydrogens (tertiary/aromatic N) is 2. The van der Waals surface area contributed by atoms with Crippen LogP contribution in [0.25, 0.3) is 0 Å². The molecule has 2 aliphatic heterocycles. The molecule has 0 saturated carbocycles. The molecule has 1 aromatic rings. The van der Waals surface area contributed by atoms with Crippen molar-refractivity contribution in [3.8, 4) is 0 Å². The Morgan fingerprint density at radius 1 is 1.50 bits per heavy atom. The van der Waals surface area contributed by atoms with Crippen LogP contribution in [0.4, 0.5) is 5.69 Å². The molecule has 5 heteroatoms. The molecule has 0 atom stereocenters. The van der Waals surface area contributed by atoms with Crippen LogP contribution in [-0.4, -0.2) is 30.5 Å². The highest BCUT2D eigenvalue weighted by Crippen LogP contribution is 2.28. The van der Waals surface area contributed by atoms with Crippen LogP contribution in [0.2, 0.25) is 0 Å². The van der Waals surface area contributed by atoms with Crippen molar-refractivity contribution in [2.75, 3.05) is 24.5 Å². The van der Waals surface area contributed by atoms with Crippen LogP contribution in [0, 0.1) is 5.92 Å². The third kappa shape index (κ3) is 1.68. The molecule has 1 fully saturated rings. The van der Waals surface area contributed by atoms with Gasteiger partial charge in [0.1, 0.15) is 0 Å². The number of amides is 1. The van der Waals surface area contributed by atoms with Gasteiger partial charge in [0.25, 0.3) is 0 Å². The average molecular weight is 240 g/mol. The van der Waals surface area contributed by atoms with Gasteiger partial charge in [0.05, 0.1) is 5.92 Å². The molecule has 86 valence electrons. The minimum atomic E-state index is 0. The van der Waals surface area contributed by atoms with Gasteiger partial charge < -0.3 is 10.2 Å². The normalized spacial score (nSPS) is 18.6. The van der Waals surface area contributed by atoms with Gasteiger partial charge in [-0.3, -0.25) is 9.78 Å². The van der Waals surface area contributed by atoms with Crippen molar-refractivity contribution in [1.82, 2.24) is 10.3 Å². The van der Waals surface area contributed by atoms with E-state index < -0.39 is 0 Å². The zero-order valence-corrected chi connectivity index (χ0v) is 9.67. The fourth-order valence-electron chi connectivity index (χ4n) is 2.14. The number of halogens is 1. The second-order valence-electron chi connectivity index (χ2n) is 4.10. The minimum Gasteiger partial charge on any atom is -0.315 e. The summed E-state index contributed by atoms with van der Waals surface area (Å²) in [5, 5.41) is 3.13. The third-order valence-electron chi connectivity index (χ3n) is 3.17. The molecular formula is C11H14ClN3O. The lowest BCUT2D eigenvalue weighted by Gasteiger charge is -2.30. The molecule has 16 heavy (non-hydrogen) atoms. The highest BCUT2D eigenvalue weighted by molar-refractivity contribution is 5.97. The van der Waals surface area contributed by atoms with E-state index in [0.717, 1.165) is 31.7 Å². The van der Waals surface area contributed by atoms with Crippen LogP contribution in [0.1, 0.15) is 5.56 Å². The van der Waals surface area contributed by atoms with Crippen molar-refractivity contribution >= 4 is 24.0 Å². The third-order valence-corrected chi connectivity index (χ3v) is 3.17. The molecule has 0 spiro atoms. The first-order valence-electron chi connectivity index (χ1n) is 5.31. The Balaban J connectivity index is 0.000000963. The lowest BCUT2D eigenvalue weighted by Crippen LogP contribution is -2.51. The van der Waals surface area contributed by atoms with E-state index in [1.165, 1.54) is 5.56 Å². The smallest absolute Gasteiger partial charge is 0.232 e. The molecule has 1 N–H and O–H groups in total. The van der Waals surface area contributed by atoms with Crippen LogP contribution in [0.5, 0.6) is 0 Å². The van der Waals surface area contributed by atoms with E-state index in [4.69, 9.17) is 0 Å². The Bertz CT molecular complexity index is 406. The summed E-state index contributed by atoms with van der Waals surface area (Å²) in [5.74, 6) is 0.447. The van der Waals surface area contributed by atoms with E-state index in [2.05, 4.69) is 10.3 Å². The van der Waals surface area contributed by atoms with Gasteiger partial charge in [0.15, 0.2) is 0 Å². The molecule has 0 bridgehead atoms. The summed E-state index contributed by atoms with van der Waals surface area (Å²) in [5.41, 5.74) is 2.25. The number of fused-ring (bicyclic) bond motifs is 1. The predicted octanol–water partition coefficient (Wildman–Crippen LogP) is 0.612. The molecule has 4 nitrogen and oxygen atoms in total. The highest BCUT2D eigenvalue weighted by Gasteiger charge is 2.33. The van der Waals surface area contributed by atoms with E-state index >= 15 is 0 Å². The number of pyridine rings is 1. The van der Waals surface area contributed by atoms with Crippen LogP contribution in [-0.2, 0) is 11.2 Å². The minimum absolute atomic E-state index is 0. The first-order chi connectivity index (χ1) is 7.36. The molecule has 3 rings (SSSR count). The number of hydrogen-bond donors (Lipinski definition) is 1. The van der Waals surface area contributed by atoms with Crippen molar-refractivity contribution < 1.29 is 4.79 Å². The van der Waals surface area contributed by atoms with Gasteiger partial charge in [-0.15, -0.1) is 12.4 Å². The zero-order chi connectivity index (χ0) is 10.3. The van der Waals surface area contributed by atoms with Crippen LogP contribution >= 0.6 is 12.4 Å². The highest BCUT2D eigenvalue weighted by atomic mass is 35.5. The number of anilines is 1. The monoisotopic (exact) mass is 239 g/mol. The number of rotatable bonds is 1. The predicted molar refractivity (Wildman–Crippen MR) is 63.9 cm³/mol. The van der Waals surface area contributed by atoms with Crippen LogP contribution in [0.15, 0.2) is 18.5 Å². The molecule has 1 saturated heterocycles. The van der Waals surface area contributed by atoms with Crippen LogP contribution < -0.4 is 10.2 Å². The average Bonchev–Trinajstić information content (AvgIpc) is 2.58. The van der Waals surface area contributed by atoms with Gasteiger partial charge in [-0.1, -0.05) is 0 Å². The first kappa shape index (κ1) is 11.4. The zero-order valence-electron chi connectivity index (χ0n) is 8.85. The SMILES string of the molecule is Cl.O=C(C1CNC1)N1CCc2cnccc21. The molecule has 0 radical (unpaired) electrons. The van der Waals surface area contributed by atoms with E-state index in [1.54, 1.807) is 6.20 Å². The molecule has 2 aliphatic rings. The molecule has 0 unspecified atom stereocenters. The second kappa shape index (κ2) is 4.39. The Labute approximate surface area is 100 Å². The maximum Gasteiger partial charge on any atom is 0.232 e. The number of carbonyl (C=O) groups excluding carboxylic acids is 1. The van der Waals surface area contributed by atoms with Gasteiger partial charge in [-0.2, -0.15) is 0 Å². The summed E-state index contributed by atoms with van der Waals surface area (Å²) < 4.78 is 0. The molecule has 0 aromatic carbocycles. The summed E-state index contributed by atoms with van der Waals surface area (Å²) >= 11 is 0. The maximum atomic E-state index is 12.1. The number of hydrogen-bond acceptors (Lipinski definition) is 3. The topological polar surface area (TPSA) is 45.2 Å². The summed E-state index contributed by atoms with van der Waals surface area (Å²) in [6, 6.07) is 1.94. The summed E-state index contributed by atoms with van der Waals surface area (Å²) in [4.78, 5) is 18.0. The summed E-state index contributed by atoms with van der Waals surface area (Å²) in [6.45, 7) is 2.47. The van der Waals surface area contributed by atoms with Crippen LogP contribution in [0.3, 0.4) is 0 Å². The van der Waals surface area contributed by atoms with Gasteiger partial charge in [0.2, 0.25) is 5.91 Å².